The van der Waals surface area contributed by atoms with Gasteiger partial charge in [-0.1, -0.05) is 26.0 Å². The van der Waals surface area contributed by atoms with Crippen LogP contribution in [0.5, 0.6) is 5.88 Å². The third kappa shape index (κ3) is 4.02. The molecular formula is C16H19N3O2. The molecule has 0 saturated heterocycles. The van der Waals surface area contributed by atoms with Gasteiger partial charge in [-0.15, -0.1) is 10.2 Å². The van der Waals surface area contributed by atoms with E-state index < -0.39 is 0 Å². The Bertz CT molecular complexity index is 592. The molecule has 0 unspecified atom stereocenters. The van der Waals surface area contributed by atoms with Crippen LogP contribution in [-0.4, -0.2) is 22.7 Å². The summed E-state index contributed by atoms with van der Waals surface area (Å²) in [6, 6.07) is 11.0. The minimum atomic E-state index is -0.289. The molecule has 2 aromatic rings. The first-order valence-electron chi connectivity index (χ1n) is 6.98. The van der Waals surface area contributed by atoms with Gasteiger partial charge in [-0.25, -0.2) is 0 Å². The first-order chi connectivity index (χ1) is 10.1. The van der Waals surface area contributed by atoms with Gasteiger partial charge in [0.1, 0.15) is 0 Å². The van der Waals surface area contributed by atoms with Crippen LogP contribution in [0.15, 0.2) is 36.4 Å². The highest BCUT2D eigenvalue weighted by Gasteiger charge is 2.09. The highest BCUT2D eigenvalue weighted by Crippen LogP contribution is 2.17. The Morgan fingerprint density at radius 2 is 1.86 bits per heavy atom. The van der Waals surface area contributed by atoms with Crippen molar-refractivity contribution in [3.8, 4) is 5.88 Å². The van der Waals surface area contributed by atoms with E-state index >= 15 is 0 Å². The third-order valence-electron chi connectivity index (χ3n) is 3.00. The van der Waals surface area contributed by atoms with Crippen LogP contribution >= 0.6 is 0 Å². The van der Waals surface area contributed by atoms with Gasteiger partial charge < -0.3 is 10.1 Å². The number of nitrogens with one attached hydrogen (secondary N) is 1. The van der Waals surface area contributed by atoms with Crippen molar-refractivity contribution in [2.24, 2.45) is 0 Å². The molecule has 0 aliphatic carbocycles. The van der Waals surface area contributed by atoms with Crippen molar-refractivity contribution in [3.63, 3.8) is 0 Å². The monoisotopic (exact) mass is 285 g/mol. The average Bonchev–Trinajstić information content (AvgIpc) is 2.49. The Labute approximate surface area is 124 Å². The Hall–Kier alpha value is -2.43. The number of anilines is 1. The summed E-state index contributed by atoms with van der Waals surface area (Å²) in [6.07, 6.45) is 0. The van der Waals surface area contributed by atoms with Crippen molar-refractivity contribution in [2.75, 3.05) is 11.9 Å². The molecule has 0 radical (unpaired) electrons. The summed E-state index contributed by atoms with van der Waals surface area (Å²) in [5, 5.41) is 10.5. The predicted octanol–water partition coefficient (Wildman–Crippen LogP) is 3.25. The molecule has 1 N–H and O–H groups in total. The van der Waals surface area contributed by atoms with Gasteiger partial charge in [-0.05, 0) is 36.6 Å². The van der Waals surface area contributed by atoms with E-state index in [0.29, 0.717) is 18.4 Å². The molecule has 2 rings (SSSR count). The number of carbonyl (C=O) groups is 1. The highest BCUT2D eigenvalue weighted by molar-refractivity contribution is 6.02. The number of nitrogens with zero attached hydrogens (tertiary/aromatic N) is 2. The highest BCUT2D eigenvalue weighted by atomic mass is 16.5. The molecule has 0 saturated carbocycles. The van der Waals surface area contributed by atoms with E-state index in [2.05, 4.69) is 29.4 Å². The summed E-state index contributed by atoms with van der Waals surface area (Å²) < 4.78 is 5.19. The maximum Gasteiger partial charge on any atom is 0.276 e. The molecule has 1 heterocycles. The molecule has 0 bridgehead atoms. The van der Waals surface area contributed by atoms with Crippen LogP contribution in [0.4, 0.5) is 5.69 Å². The maximum absolute atomic E-state index is 12.0. The van der Waals surface area contributed by atoms with Crippen LogP contribution in [0.3, 0.4) is 0 Å². The number of rotatable bonds is 5. The van der Waals surface area contributed by atoms with Crippen molar-refractivity contribution in [1.82, 2.24) is 10.2 Å². The molecule has 1 aromatic heterocycles. The summed E-state index contributed by atoms with van der Waals surface area (Å²) >= 11 is 0. The summed E-state index contributed by atoms with van der Waals surface area (Å²) in [5.74, 6) is 0.588. The van der Waals surface area contributed by atoms with Gasteiger partial charge in [0.25, 0.3) is 5.91 Å². The van der Waals surface area contributed by atoms with Gasteiger partial charge in [0.2, 0.25) is 5.88 Å². The van der Waals surface area contributed by atoms with Crippen molar-refractivity contribution in [1.29, 1.82) is 0 Å². The van der Waals surface area contributed by atoms with Crippen LogP contribution in [0.25, 0.3) is 0 Å². The number of carbonyl (C=O) groups excluding carboxylic acids is 1. The van der Waals surface area contributed by atoms with E-state index in [0.717, 1.165) is 5.69 Å². The second-order valence-corrected chi connectivity index (χ2v) is 4.92. The lowest BCUT2D eigenvalue weighted by molar-refractivity contribution is 0.102. The van der Waals surface area contributed by atoms with Crippen molar-refractivity contribution in [3.05, 3.63) is 47.7 Å². The van der Waals surface area contributed by atoms with Gasteiger partial charge >= 0.3 is 0 Å². The SMILES string of the molecule is CCOc1ccc(C(=O)Nc2ccc(C(C)C)cc2)nn1. The number of ether oxygens (including phenoxy) is 1. The molecule has 0 atom stereocenters. The normalized spacial score (nSPS) is 10.5. The zero-order valence-corrected chi connectivity index (χ0v) is 12.5. The van der Waals surface area contributed by atoms with Crippen molar-refractivity contribution < 1.29 is 9.53 Å². The topological polar surface area (TPSA) is 64.1 Å². The second kappa shape index (κ2) is 6.83. The smallest absolute Gasteiger partial charge is 0.276 e. The van der Waals surface area contributed by atoms with Crippen LogP contribution in [0.1, 0.15) is 42.7 Å². The molecule has 0 aliphatic heterocycles. The fourth-order valence-corrected chi connectivity index (χ4v) is 1.81. The molecule has 5 nitrogen and oxygen atoms in total. The Morgan fingerprint density at radius 1 is 1.14 bits per heavy atom. The number of hydrogen-bond acceptors (Lipinski definition) is 4. The fraction of sp³-hybridized carbons (Fsp3) is 0.312. The fourth-order valence-electron chi connectivity index (χ4n) is 1.81. The van der Waals surface area contributed by atoms with E-state index in [1.54, 1.807) is 12.1 Å². The van der Waals surface area contributed by atoms with Gasteiger partial charge in [0.05, 0.1) is 6.61 Å². The molecule has 5 heteroatoms. The third-order valence-corrected chi connectivity index (χ3v) is 3.00. The molecule has 0 fully saturated rings. The predicted molar refractivity (Wildman–Crippen MR) is 81.7 cm³/mol. The lowest BCUT2D eigenvalue weighted by Crippen LogP contribution is -2.14. The second-order valence-electron chi connectivity index (χ2n) is 4.92. The lowest BCUT2D eigenvalue weighted by atomic mass is 10.0. The van der Waals surface area contributed by atoms with Gasteiger partial charge in [-0.2, -0.15) is 0 Å². The molecule has 0 spiro atoms. The zero-order chi connectivity index (χ0) is 15.2. The van der Waals surface area contributed by atoms with Crippen LogP contribution in [0.2, 0.25) is 0 Å². The van der Waals surface area contributed by atoms with E-state index in [9.17, 15) is 4.79 Å². The molecule has 1 amide bonds. The van der Waals surface area contributed by atoms with Gasteiger partial charge in [0.15, 0.2) is 5.69 Å². The Balaban J connectivity index is 2.03. The lowest BCUT2D eigenvalue weighted by Gasteiger charge is -2.08. The van der Waals surface area contributed by atoms with Gasteiger partial charge in [0, 0.05) is 11.8 Å². The summed E-state index contributed by atoms with van der Waals surface area (Å²) in [6.45, 7) is 6.64. The number of hydrogen-bond donors (Lipinski definition) is 1. The molecule has 21 heavy (non-hydrogen) atoms. The Kier molecular flexibility index (Phi) is 4.87. The van der Waals surface area contributed by atoms with E-state index in [4.69, 9.17) is 4.74 Å². The molecule has 1 aromatic carbocycles. The zero-order valence-electron chi connectivity index (χ0n) is 12.5. The van der Waals surface area contributed by atoms with E-state index in [-0.39, 0.29) is 11.6 Å². The van der Waals surface area contributed by atoms with Crippen LogP contribution < -0.4 is 10.1 Å². The summed E-state index contributed by atoms with van der Waals surface area (Å²) in [4.78, 5) is 12.0. The quantitative estimate of drug-likeness (QED) is 0.916. The first-order valence-corrected chi connectivity index (χ1v) is 6.98. The summed E-state index contributed by atoms with van der Waals surface area (Å²) in [5.41, 5.74) is 2.22. The Morgan fingerprint density at radius 3 is 2.38 bits per heavy atom. The maximum atomic E-state index is 12.0. The van der Waals surface area contributed by atoms with Crippen LogP contribution in [-0.2, 0) is 0 Å². The first kappa shape index (κ1) is 15.0. The summed E-state index contributed by atoms with van der Waals surface area (Å²) in [7, 11) is 0. The standard InChI is InChI=1S/C16H19N3O2/c1-4-21-15-10-9-14(18-19-15)16(20)17-13-7-5-12(6-8-13)11(2)3/h5-11H,4H2,1-3H3,(H,17,20). The number of amides is 1. The number of aromatic nitrogens is 2. The van der Waals surface area contributed by atoms with E-state index in [1.165, 1.54) is 5.56 Å². The van der Waals surface area contributed by atoms with Crippen LogP contribution in [0, 0.1) is 0 Å². The largest absolute Gasteiger partial charge is 0.477 e. The van der Waals surface area contributed by atoms with E-state index in [1.807, 2.05) is 31.2 Å². The average molecular weight is 285 g/mol. The number of benzene rings is 1. The molecular weight excluding hydrogens is 266 g/mol. The molecule has 110 valence electrons. The minimum Gasteiger partial charge on any atom is -0.477 e. The van der Waals surface area contributed by atoms with Gasteiger partial charge in [-0.3, -0.25) is 4.79 Å². The minimum absolute atomic E-state index is 0.256. The van der Waals surface area contributed by atoms with Crippen molar-refractivity contribution >= 4 is 11.6 Å². The molecule has 0 aliphatic rings. The van der Waals surface area contributed by atoms with Crippen molar-refractivity contribution in [2.45, 2.75) is 26.7 Å².